The molecule has 10 nitrogen and oxygen atoms in total. The molecule has 172 valence electrons. The van der Waals surface area contributed by atoms with Gasteiger partial charge in [0.2, 0.25) is 5.91 Å². The van der Waals surface area contributed by atoms with Crippen molar-refractivity contribution in [3.63, 3.8) is 0 Å². The molecule has 0 heterocycles. The number of halogens is 1. The number of hydrogen-bond donors (Lipinski definition) is 7. The predicted molar refractivity (Wildman–Crippen MR) is 134 cm³/mol. The van der Waals surface area contributed by atoms with E-state index in [1.54, 1.807) is 12.1 Å². The summed E-state index contributed by atoms with van der Waals surface area (Å²) in [6.07, 6.45) is 0.442. The lowest BCUT2D eigenvalue weighted by Crippen LogP contribution is -2.45. The van der Waals surface area contributed by atoms with Crippen LogP contribution in [-0.2, 0) is 19.9 Å². The van der Waals surface area contributed by atoms with Crippen molar-refractivity contribution in [1.29, 1.82) is 0 Å². The molecular weight excluding hydrogens is 542 g/mol. The number of hydrogen-bond acceptors (Lipinski definition) is 7. The van der Waals surface area contributed by atoms with Gasteiger partial charge in [-0.25, -0.2) is 0 Å². The van der Waals surface area contributed by atoms with E-state index in [4.69, 9.17) is 16.8 Å². The van der Waals surface area contributed by atoms with Crippen molar-refractivity contribution in [3.8, 4) is 0 Å². The fraction of sp³-hybridized carbons (Fsp3) is 0.167. The fourth-order valence-corrected chi connectivity index (χ4v) is 3.57. The molecule has 0 aromatic heterocycles. The summed E-state index contributed by atoms with van der Waals surface area (Å²) in [6, 6.07) is 13.1. The highest BCUT2D eigenvalue weighted by atomic mass is 79.9. The van der Waals surface area contributed by atoms with Crippen LogP contribution in [0.2, 0.25) is 0 Å². The van der Waals surface area contributed by atoms with Gasteiger partial charge in [0.25, 0.3) is 0 Å². The van der Waals surface area contributed by atoms with E-state index in [1.165, 1.54) is 24.3 Å². The van der Waals surface area contributed by atoms with E-state index in [0.717, 1.165) is 10.2 Å². The average molecular weight is 562 g/mol. The van der Waals surface area contributed by atoms with Gasteiger partial charge >= 0.3 is 10.3 Å². The SMILES string of the molecule is O=CC(CC(=O)NNC(=S)Nc1ccc(Br)cc1)C(S)Nc1ccc(NS(=O)(=O)O)cc1. The molecule has 0 aliphatic carbocycles. The van der Waals surface area contributed by atoms with E-state index in [9.17, 15) is 18.0 Å². The van der Waals surface area contributed by atoms with Crippen LogP contribution in [0.15, 0.2) is 53.0 Å². The maximum atomic E-state index is 12.2. The van der Waals surface area contributed by atoms with Crippen LogP contribution in [0.5, 0.6) is 0 Å². The molecule has 0 aliphatic heterocycles. The molecule has 2 unspecified atom stereocenters. The zero-order chi connectivity index (χ0) is 23.7. The standard InChI is InChI=1S/C18H20BrN5O5S3/c19-12-1-3-14(4-2-12)21-18(31)23-22-16(26)9-11(10-25)17(30)20-13-5-7-15(8-6-13)24-32(27,28)29/h1-8,10-11,17,20,24,30H,9H2,(H,22,26)(H2,21,23,31)(H,27,28,29). The molecule has 0 aliphatic rings. The van der Waals surface area contributed by atoms with E-state index in [-0.39, 0.29) is 17.2 Å². The van der Waals surface area contributed by atoms with Gasteiger partial charge in [-0.05, 0) is 60.7 Å². The Morgan fingerprint density at radius 2 is 1.62 bits per heavy atom. The highest BCUT2D eigenvalue weighted by Crippen LogP contribution is 2.20. The first-order chi connectivity index (χ1) is 15.1. The lowest BCUT2D eigenvalue weighted by atomic mass is 10.1. The summed E-state index contributed by atoms with van der Waals surface area (Å²) in [5, 5.41) is 5.30. The molecule has 32 heavy (non-hydrogen) atoms. The summed E-state index contributed by atoms with van der Waals surface area (Å²) in [5.41, 5.74) is 6.38. The Hall–Kier alpha value is -2.39. The highest BCUT2D eigenvalue weighted by Gasteiger charge is 2.21. The zero-order valence-corrected chi connectivity index (χ0v) is 20.4. The van der Waals surface area contributed by atoms with Crippen molar-refractivity contribution in [2.75, 3.05) is 15.4 Å². The van der Waals surface area contributed by atoms with Crippen molar-refractivity contribution < 1.29 is 22.6 Å². The van der Waals surface area contributed by atoms with E-state index in [2.05, 4.69) is 50.0 Å². The van der Waals surface area contributed by atoms with E-state index in [0.29, 0.717) is 12.0 Å². The molecule has 0 radical (unpaired) electrons. The molecule has 0 saturated heterocycles. The van der Waals surface area contributed by atoms with Crippen molar-refractivity contribution in [3.05, 3.63) is 53.0 Å². The zero-order valence-electron chi connectivity index (χ0n) is 16.3. The van der Waals surface area contributed by atoms with Gasteiger partial charge in [0, 0.05) is 22.3 Å². The third-order valence-corrected chi connectivity index (χ3v) is 5.60. The molecule has 0 spiro atoms. The molecule has 6 N–H and O–H groups in total. The Morgan fingerprint density at radius 3 is 2.19 bits per heavy atom. The number of carbonyl (C=O) groups excluding carboxylic acids is 2. The van der Waals surface area contributed by atoms with E-state index in [1.807, 2.05) is 16.9 Å². The highest BCUT2D eigenvalue weighted by molar-refractivity contribution is 9.10. The fourth-order valence-electron chi connectivity index (χ4n) is 2.38. The molecule has 0 bridgehead atoms. The van der Waals surface area contributed by atoms with Crippen molar-refractivity contribution in [2.45, 2.75) is 11.8 Å². The number of benzene rings is 2. The Morgan fingerprint density at radius 1 is 1.06 bits per heavy atom. The summed E-state index contributed by atoms with van der Waals surface area (Å²) in [4.78, 5) is 23.6. The molecule has 2 atom stereocenters. The number of thiol groups is 1. The number of nitrogens with one attached hydrogen (secondary N) is 5. The third kappa shape index (κ3) is 9.40. The van der Waals surface area contributed by atoms with Crippen LogP contribution in [0.4, 0.5) is 17.1 Å². The maximum absolute atomic E-state index is 12.2. The molecule has 0 saturated carbocycles. The van der Waals surface area contributed by atoms with Gasteiger partial charge < -0.3 is 15.4 Å². The Bertz CT molecular complexity index is 1050. The van der Waals surface area contributed by atoms with Crippen molar-refractivity contribution in [2.24, 2.45) is 5.92 Å². The van der Waals surface area contributed by atoms with Gasteiger partial charge in [-0.15, -0.1) is 0 Å². The number of aldehydes is 1. The Balaban J connectivity index is 1.82. The van der Waals surface area contributed by atoms with Gasteiger partial charge in [-0.2, -0.15) is 21.0 Å². The minimum atomic E-state index is -4.37. The summed E-state index contributed by atoms with van der Waals surface area (Å²) in [5.74, 6) is -1.25. The molecule has 2 rings (SSSR count). The first-order valence-electron chi connectivity index (χ1n) is 8.92. The third-order valence-electron chi connectivity index (χ3n) is 3.87. The normalized spacial score (nSPS) is 12.7. The second-order valence-corrected chi connectivity index (χ2v) is 9.42. The molecule has 0 fully saturated rings. The number of thiocarbonyl (C=S) groups is 1. The molecule has 14 heteroatoms. The molecule has 2 aromatic carbocycles. The van der Waals surface area contributed by atoms with Crippen LogP contribution in [0.1, 0.15) is 6.42 Å². The number of amides is 1. The second-order valence-electron chi connectivity index (χ2n) is 6.38. The van der Waals surface area contributed by atoms with Crippen LogP contribution >= 0.6 is 40.8 Å². The summed E-state index contributed by atoms with van der Waals surface area (Å²) < 4.78 is 33.2. The van der Waals surface area contributed by atoms with Gasteiger partial charge in [0.1, 0.15) is 6.29 Å². The Kier molecular flexibility index (Phi) is 9.71. The van der Waals surface area contributed by atoms with E-state index < -0.39 is 27.5 Å². The second kappa shape index (κ2) is 12.0. The molecule has 2 aromatic rings. The van der Waals surface area contributed by atoms with Gasteiger partial charge in [0.05, 0.1) is 17.0 Å². The predicted octanol–water partition coefficient (Wildman–Crippen LogP) is 2.55. The Labute approximate surface area is 204 Å². The molecular formula is C18H20BrN5O5S3. The number of hydrazine groups is 1. The smallest absolute Gasteiger partial charge is 0.357 e. The van der Waals surface area contributed by atoms with Crippen LogP contribution in [0.25, 0.3) is 0 Å². The molecule has 1 amide bonds. The monoisotopic (exact) mass is 561 g/mol. The first kappa shape index (κ1) is 25.9. The van der Waals surface area contributed by atoms with Crippen LogP contribution in [-0.4, -0.2) is 35.7 Å². The lowest BCUT2D eigenvalue weighted by Gasteiger charge is -2.21. The quantitative estimate of drug-likeness (QED) is 0.0612. The summed E-state index contributed by atoms with van der Waals surface area (Å²) in [6.45, 7) is 0. The number of rotatable bonds is 9. The average Bonchev–Trinajstić information content (AvgIpc) is 2.72. The van der Waals surface area contributed by atoms with Gasteiger partial charge in [0.15, 0.2) is 5.11 Å². The lowest BCUT2D eigenvalue weighted by molar-refractivity contribution is -0.124. The number of carbonyl (C=O) groups is 2. The minimum absolute atomic E-state index is 0.152. The van der Waals surface area contributed by atoms with Crippen LogP contribution < -0.4 is 26.2 Å². The maximum Gasteiger partial charge on any atom is 0.357 e. The largest absolute Gasteiger partial charge is 0.373 e. The van der Waals surface area contributed by atoms with Crippen molar-refractivity contribution in [1.82, 2.24) is 10.9 Å². The number of anilines is 3. The summed E-state index contributed by atoms with van der Waals surface area (Å²) in [7, 11) is -4.37. The minimum Gasteiger partial charge on any atom is -0.373 e. The van der Waals surface area contributed by atoms with Crippen LogP contribution in [0, 0.1) is 5.92 Å². The van der Waals surface area contributed by atoms with Crippen molar-refractivity contribution >= 4 is 85.4 Å². The van der Waals surface area contributed by atoms with Crippen LogP contribution in [0.3, 0.4) is 0 Å². The topological polar surface area (TPSA) is 149 Å². The first-order valence-corrected chi connectivity index (χ1v) is 12.1. The van der Waals surface area contributed by atoms with Gasteiger partial charge in [-0.3, -0.25) is 24.9 Å². The summed E-state index contributed by atoms with van der Waals surface area (Å²) >= 11 is 12.8. The van der Waals surface area contributed by atoms with E-state index >= 15 is 0 Å². The van der Waals surface area contributed by atoms with Gasteiger partial charge in [-0.1, -0.05) is 15.9 Å².